The molecule has 140 valence electrons. The quantitative estimate of drug-likeness (QED) is 0.376. The Balaban J connectivity index is 1.36. The highest BCUT2D eigenvalue weighted by atomic mass is 32.2. The summed E-state index contributed by atoms with van der Waals surface area (Å²) in [4.78, 5) is 42.1. The second kappa shape index (κ2) is 7.44. The topological polar surface area (TPSA) is 76.6 Å². The summed E-state index contributed by atoms with van der Waals surface area (Å²) in [6, 6.07) is 16.3. The molecule has 0 bridgehead atoms. The van der Waals surface area contributed by atoms with Crippen LogP contribution in [-0.2, 0) is 9.53 Å². The Kier molecular flexibility index (Phi) is 4.83. The van der Waals surface area contributed by atoms with E-state index in [0.717, 1.165) is 21.4 Å². The van der Waals surface area contributed by atoms with Crippen LogP contribution in [0.5, 0.6) is 0 Å². The Morgan fingerprint density at radius 3 is 2.39 bits per heavy atom. The Bertz CT molecular complexity index is 1080. The van der Waals surface area contributed by atoms with E-state index in [0.29, 0.717) is 16.2 Å². The predicted octanol–water partition coefficient (Wildman–Crippen LogP) is 3.43. The van der Waals surface area contributed by atoms with Gasteiger partial charge < -0.3 is 4.74 Å². The van der Waals surface area contributed by atoms with E-state index in [1.165, 1.54) is 11.8 Å². The smallest absolute Gasteiger partial charge is 0.318 e. The van der Waals surface area contributed by atoms with Gasteiger partial charge >= 0.3 is 5.97 Å². The van der Waals surface area contributed by atoms with E-state index < -0.39 is 24.5 Å². The Morgan fingerprint density at radius 1 is 1.04 bits per heavy atom. The van der Waals surface area contributed by atoms with Crippen molar-refractivity contribution in [3.63, 3.8) is 0 Å². The SMILES string of the molecule is Cc1cc(SCC(=O)OCN2C(=O)c3ccccc3C2=O)nc2ccccc12. The standard InChI is InChI=1S/C21H16N2O4S/c1-13-10-18(22-17-9-5-4-6-14(13)17)28-11-19(24)27-12-23-20(25)15-7-2-3-8-16(15)21(23)26/h2-10H,11-12H2,1H3. The van der Waals surface area contributed by atoms with Crippen molar-refractivity contribution < 1.29 is 19.1 Å². The lowest BCUT2D eigenvalue weighted by molar-refractivity contribution is -0.142. The van der Waals surface area contributed by atoms with Crippen LogP contribution < -0.4 is 0 Å². The number of carbonyl (C=O) groups excluding carboxylic acids is 3. The highest BCUT2D eigenvalue weighted by Crippen LogP contribution is 2.24. The molecule has 28 heavy (non-hydrogen) atoms. The summed E-state index contributed by atoms with van der Waals surface area (Å²) in [6.07, 6.45) is 0. The number of esters is 1. The van der Waals surface area contributed by atoms with Crippen LogP contribution in [0.15, 0.2) is 59.6 Å². The highest BCUT2D eigenvalue weighted by Gasteiger charge is 2.35. The largest absolute Gasteiger partial charge is 0.443 e. The minimum atomic E-state index is -0.519. The van der Waals surface area contributed by atoms with Gasteiger partial charge in [-0.15, -0.1) is 0 Å². The maximum absolute atomic E-state index is 12.3. The third-order valence-corrected chi connectivity index (χ3v) is 5.36. The van der Waals surface area contributed by atoms with Crippen molar-refractivity contribution in [3.8, 4) is 0 Å². The number of nitrogens with zero attached hydrogens (tertiary/aromatic N) is 2. The van der Waals surface area contributed by atoms with Crippen LogP contribution in [0.25, 0.3) is 10.9 Å². The lowest BCUT2D eigenvalue weighted by atomic mass is 10.1. The summed E-state index contributed by atoms with van der Waals surface area (Å²) in [5.41, 5.74) is 2.60. The molecular weight excluding hydrogens is 376 g/mol. The summed E-state index contributed by atoms with van der Waals surface area (Å²) in [5, 5.41) is 1.79. The number of benzene rings is 2. The van der Waals surface area contributed by atoms with Crippen molar-refractivity contribution in [2.45, 2.75) is 11.9 Å². The summed E-state index contributed by atoms with van der Waals surface area (Å²) in [7, 11) is 0. The van der Waals surface area contributed by atoms with Gasteiger partial charge in [0.1, 0.15) is 0 Å². The number of hydrogen-bond donors (Lipinski definition) is 0. The van der Waals surface area contributed by atoms with Crippen molar-refractivity contribution in [2.24, 2.45) is 0 Å². The van der Waals surface area contributed by atoms with Crippen LogP contribution in [0.2, 0.25) is 0 Å². The van der Waals surface area contributed by atoms with Crippen LogP contribution >= 0.6 is 11.8 Å². The van der Waals surface area contributed by atoms with Gasteiger partial charge in [-0.2, -0.15) is 0 Å². The molecular formula is C21H16N2O4S. The van der Waals surface area contributed by atoms with Crippen molar-refractivity contribution in [1.82, 2.24) is 9.88 Å². The fraction of sp³-hybridized carbons (Fsp3) is 0.143. The van der Waals surface area contributed by atoms with Crippen molar-refractivity contribution in [1.29, 1.82) is 0 Å². The molecule has 0 radical (unpaired) electrons. The molecule has 1 aliphatic heterocycles. The van der Waals surface area contributed by atoms with E-state index in [2.05, 4.69) is 4.98 Å². The number of aryl methyl sites for hydroxylation is 1. The molecule has 0 N–H and O–H groups in total. The van der Waals surface area contributed by atoms with Crippen LogP contribution in [0, 0.1) is 6.92 Å². The van der Waals surface area contributed by atoms with Crippen molar-refractivity contribution in [3.05, 3.63) is 71.3 Å². The number of fused-ring (bicyclic) bond motifs is 2. The number of para-hydroxylation sites is 1. The third-order valence-electron chi connectivity index (χ3n) is 4.47. The number of pyridine rings is 1. The number of hydrogen-bond acceptors (Lipinski definition) is 6. The molecule has 2 amide bonds. The number of ether oxygens (including phenoxy) is 1. The van der Waals surface area contributed by atoms with E-state index in [9.17, 15) is 14.4 Å². The lowest BCUT2D eigenvalue weighted by Gasteiger charge is -2.13. The molecule has 0 atom stereocenters. The first kappa shape index (κ1) is 18.2. The van der Waals surface area contributed by atoms with E-state index in [1.54, 1.807) is 24.3 Å². The monoisotopic (exact) mass is 392 g/mol. The molecule has 3 aromatic rings. The number of aromatic nitrogens is 1. The van der Waals surface area contributed by atoms with Gasteiger partial charge in [0, 0.05) is 5.39 Å². The zero-order valence-electron chi connectivity index (χ0n) is 15.0. The fourth-order valence-electron chi connectivity index (χ4n) is 3.06. The van der Waals surface area contributed by atoms with Gasteiger partial charge in [0.05, 0.1) is 27.4 Å². The number of thioether (sulfide) groups is 1. The van der Waals surface area contributed by atoms with Gasteiger partial charge in [-0.3, -0.25) is 14.4 Å². The predicted molar refractivity (Wildman–Crippen MR) is 105 cm³/mol. The average molecular weight is 392 g/mol. The Morgan fingerprint density at radius 2 is 1.68 bits per heavy atom. The summed E-state index contributed by atoms with van der Waals surface area (Å²) in [6.45, 7) is 1.60. The number of carbonyl (C=O) groups is 3. The molecule has 1 aromatic heterocycles. The Hall–Kier alpha value is -3.19. The van der Waals surface area contributed by atoms with E-state index >= 15 is 0 Å². The van der Waals surface area contributed by atoms with E-state index in [1.807, 2.05) is 37.3 Å². The number of rotatable bonds is 5. The average Bonchev–Trinajstić information content (AvgIpc) is 2.95. The molecule has 6 nitrogen and oxygen atoms in total. The van der Waals surface area contributed by atoms with Gasteiger partial charge in [0.15, 0.2) is 6.73 Å². The maximum atomic E-state index is 12.3. The molecule has 1 aliphatic rings. The van der Waals surface area contributed by atoms with Crippen LogP contribution in [0.3, 0.4) is 0 Å². The summed E-state index contributed by atoms with van der Waals surface area (Å²) < 4.78 is 5.13. The summed E-state index contributed by atoms with van der Waals surface area (Å²) >= 11 is 1.25. The molecule has 0 saturated heterocycles. The van der Waals surface area contributed by atoms with Gasteiger partial charge in [-0.25, -0.2) is 9.88 Å². The first-order chi connectivity index (χ1) is 13.5. The molecule has 0 saturated carbocycles. The number of imide groups is 1. The zero-order valence-corrected chi connectivity index (χ0v) is 15.9. The van der Waals surface area contributed by atoms with Crippen LogP contribution in [-0.4, -0.2) is 40.2 Å². The van der Waals surface area contributed by atoms with Crippen LogP contribution in [0.4, 0.5) is 0 Å². The molecule has 0 spiro atoms. The van der Waals surface area contributed by atoms with Gasteiger partial charge in [-0.05, 0) is 36.8 Å². The van der Waals surface area contributed by atoms with E-state index in [-0.39, 0.29) is 5.75 Å². The molecule has 0 unspecified atom stereocenters. The molecule has 2 heterocycles. The van der Waals surface area contributed by atoms with Gasteiger partial charge in [-0.1, -0.05) is 42.1 Å². The van der Waals surface area contributed by atoms with E-state index in [4.69, 9.17) is 4.74 Å². The van der Waals surface area contributed by atoms with Crippen LogP contribution in [0.1, 0.15) is 26.3 Å². The minimum absolute atomic E-state index is 0.0357. The summed E-state index contributed by atoms with van der Waals surface area (Å²) in [5.74, 6) is -1.39. The second-order valence-electron chi connectivity index (χ2n) is 6.31. The first-order valence-electron chi connectivity index (χ1n) is 8.64. The third kappa shape index (κ3) is 3.36. The molecule has 0 aliphatic carbocycles. The molecule has 4 rings (SSSR count). The van der Waals surface area contributed by atoms with Gasteiger partial charge in [0.25, 0.3) is 11.8 Å². The minimum Gasteiger partial charge on any atom is -0.443 e. The van der Waals surface area contributed by atoms with Crippen molar-refractivity contribution in [2.75, 3.05) is 12.5 Å². The molecule has 0 fully saturated rings. The Labute approximate surface area is 165 Å². The van der Waals surface area contributed by atoms with Crippen molar-refractivity contribution >= 4 is 40.4 Å². The molecule has 2 aromatic carbocycles. The normalized spacial score (nSPS) is 13.1. The fourth-order valence-corrected chi connectivity index (χ4v) is 3.83. The zero-order chi connectivity index (χ0) is 19.7. The molecule has 7 heteroatoms. The van der Waals surface area contributed by atoms with Gasteiger partial charge in [0.2, 0.25) is 0 Å². The lowest BCUT2D eigenvalue weighted by Crippen LogP contribution is -2.33. The number of amides is 2. The maximum Gasteiger partial charge on any atom is 0.318 e. The second-order valence-corrected chi connectivity index (χ2v) is 7.31. The first-order valence-corrected chi connectivity index (χ1v) is 9.63. The highest BCUT2D eigenvalue weighted by molar-refractivity contribution is 7.99.